The van der Waals surface area contributed by atoms with Crippen LogP contribution in [0.5, 0.6) is 5.75 Å². The van der Waals surface area contributed by atoms with Crippen LogP contribution in [-0.2, 0) is 0 Å². The third-order valence-electron chi connectivity index (χ3n) is 1.96. The topological polar surface area (TPSA) is 97.0 Å². The van der Waals surface area contributed by atoms with Crippen LogP contribution in [0.1, 0.15) is 18.9 Å². The summed E-state index contributed by atoms with van der Waals surface area (Å²) in [5, 5.41) is 17.7. The molecule has 0 aliphatic rings. The number of phenolic OH excluding ortho intramolecular Hbond substituents is 1. The van der Waals surface area contributed by atoms with Gasteiger partial charge in [0.05, 0.1) is 10.7 Å². The van der Waals surface area contributed by atoms with Crippen molar-refractivity contribution in [3.05, 3.63) is 27.7 Å². The number of rotatable bonds is 3. The largest absolute Gasteiger partial charge is 0.506 e. The highest BCUT2D eigenvalue weighted by atomic mass is 35.5. The molecule has 0 atom stereocenters. The van der Waals surface area contributed by atoms with Crippen molar-refractivity contribution in [2.75, 3.05) is 0 Å². The Morgan fingerprint density at radius 2 is 1.94 bits per heavy atom. The summed E-state index contributed by atoms with van der Waals surface area (Å²) >= 11 is 11.7. The van der Waals surface area contributed by atoms with Gasteiger partial charge in [0.2, 0.25) is 5.96 Å². The molecule has 0 aliphatic carbocycles. The number of aromatic hydroxyl groups is 1. The van der Waals surface area contributed by atoms with Crippen LogP contribution in [0.3, 0.4) is 0 Å². The van der Waals surface area contributed by atoms with Gasteiger partial charge in [0, 0.05) is 10.6 Å². The van der Waals surface area contributed by atoms with E-state index in [2.05, 4.69) is 10.2 Å². The average molecular weight is 275 g/mol. The van der Waals surface area contributed by atoms with E-state index in [4.69, 9.17) is 34.7 Å². The average Bonchev–Trinajstić information content (AvgIpc) is 2.25. The van der Waals surface area contributed by atoms with E-state index in [-0.39, 0.29) is 16.7 Å². The van der Waals surface area contributed by atoms with Gasteiger partial charge in [-0.15, -0.1) is 5.10 Å². The number of hydrogen-bond acceptors (Lipinski definition) is 3. The fourth-order valence-electron chi connectivity index (χ4n) is 1.22. The zero-order valence-corrected chi connectivity index (χ0v) is 10.6. The minimum absolute atomic E-state index is 0.0949. The van der Waals surface area contributed by atoms with Gasteiger partial charge in [-0.25, -0.2) is 0 Å². The van der Waals surface area contributed by atoms with Crippen LogP contribution < -0.4 is 11.5 Å². The molecule has 5 N–H and O–H groups in total. The second kappa shape index (κ2) is 5.75. The molecule has 0 aromatic heterocycles. The van der Waals surface area contributed by atoms with Gasteiger partial charge >= 0.3 is 0 Å². The highest BCUT2D eigenvalue weighted by Crippen LogP contribution is 2.32. The van der Waals surface area contributed by atoms with E-state index < -0.39 is 0 Å². The van der Waals surface area contributed by atoms with Gasteiger partial charge in [0.15, 0.2) is 0 Å². The van der Waals surface area contributed by atoms with Crippen molar-refractivity contribution >= 4 is 34.9 Å². The molecule has 1 aromatic carbocycles. The highest BCUT2D eigenvalue weighted by molar-refractivity contribution is 6.36. The van der Waals surface area contributed by atoms with Crippen LogP contribution >= 0.6 is 23.2 Å². The number of benzene rings is 1. The van der Waals surface area contributed by atoms with E-state index in [1.807, 2.05) is 6.92 Å². The van der Waals surface area contributed by atoms with Crippen molar-refractivity contribution in [2.24, 2.45) is 21.7 Å². The smallest absolute Gasteiger partial charge is 0.211 e. The summed E-state index contributed by atoms with van der Waals surface area (Å²) in [6.45, 7) is 1.84. The van der Waals surface area contributed by atoms with Crippen molar-refractivity contribution in [3.63, 3.8) is 0 Å². The standard InChI is InChI=1S/C10H12Cl2N4O/c1-2-8(15-16-10(13)14)6-3-5(11)4-7(12)9(6)17/h3-4,17H,2H2,1H3,(H4,13,14,16). The zero-order chi connectivity index (χ0) is 13.0. The third kappa shape index (κ3) is 3.51. The minimum Gasteiger partial charge on any atom is -0.506 e. The molecule has 92 valence electrons. The van der Waals surface area contributed by atoms with E-state index in [0.29, 0.717) is 22.7 Å². The molecule has 0 spiro atoms. The summed E-state index contributed by atoms with van der Waals surface area (Å²) in [6.07, 6.45) is 0.515. The van der Waals surface area contributed by atoms with Crippen molar-refractivity contribution in [3.8, 4) is 5.75 Å². The first-order valence-electron chi connectivity index (χ1n) is 4.79. The summed E-state index contributed by atoms with van der Waals surface area (Å²) in [7, 11) is 0. The maximum absolute atomic E-state index is 9.81. The molecule has 0 unspecified atom stereocenters. The van der Waals surface area contributed by atoms with Gasteiger partial charge in [0.1, 0.15) is 5.75 Å². The Kier molecular flexibility index (Phi) is 4.60. The Labute approximate surface area is 109 Å². The predicted octanol–water partition coefficient (Wildman–Crippen LogP) is 2.09. The molecule has 1 aromatic rings. The van der Waals surface area contributed by atoms with Crippen LogP contribution in [0.4, 0.5) is 0 Å². The summed E-state index contributed by atoms with van der Waals surface area (Å²) < 4.78 is 0. The second-order valence-electron chi connectivity index (χ2n) is 3.21. The van der Waals surface area contributed by atoms with Crippen LogP contribution in [0.25, 0.3) is 0 Å². The Hall–Kier alpha value is -1.46. The van der Waals surface area contributed by atoms with Gasteiger partial charge < -0.3 is 16.6 Å². The number of hydrogen-bond donors (Lipinski definition) is 3. The first-order chi connectivity index (χ1) is 7.95. The maximum atomic E-state index is 9.81. The first kappa shape index (κ1) is 13.6. The predicted molar refractivity (Wildman–Crippen MR) is 70.8 cm³/mol. The number of nitrogens with zero attached hydrogens (tertiary/aromatic N) is 2. The summed E-state index contributed by atoms with van der Waals surface area (Å²) in [4.78, 5) is 0. The molecule has 1 rings (SSSR count). The summed E-state index contributed by atoms with van der Waals surface area (Å²) in [5.41, 5.74) is 11.3. The molecule has 0 saturated heterocycles. The van der Waals surface area contributed by atoms with E-state index in [9.17, 15) is 5.11 Å². The maximum Gasteiger partial charge on any atom is 0.211 e. The Bertz CT molecular complexity index is 481. The monoisotopic (exact) mass is 274 g/mol. The zero-order valence-electron chi connectivity index (χ0n) is 9.11. The van der Waals surface area contributed by atoms with Crippen molar-refractivity contribution < 1.29 is 5.11 Å². The number of nitrogens with two attached hydrogens (primary N) is 2. The van der Waals surface area contributed by atoms with Crippen LogP contribution in [0.2, 0.25) is 10.0 Å². The summed E-state index contributed by atoms with van der Waals surface area (Å²) in [5.74, 6) is -0.258. The fraction of sp³-hybridized carbons (Fsp3) is 0.200. The molecule has 7 heteroatoms. The van der Waals surface area contributed by atoms with Crippen molar-refractivity contribution in [1.82, 2.24) is 0 Å². The second-order valence-corrected chi connectivity index (χ2v) is 4.05. The Morgan fingerprint density at radius 3 is 2.47 bits per heavy atom. The quantitative estimate of drug-likeness (QED) is 0.447. The molecule has 5 nitrogen and oxygen atoms in total. The molecule has 17 heavy (non-hydrogen) atoms. The molecular weight excluding hydrogens is 263 g/mol. The number of halogens is 2. The Morgan fingerprint density at radius 1 is 1.29 bits per heavy atom. The normalized spacial score (nSPS) is 11.4. The molecular formula is C10H12Cl2N4O. The lowest BCUT2D eigenvalue weighted by atomic mass is 10.1. The SMILES string of the molecule is CCC(=NN=C(N)N)c1cc(Cl)cc(Cl)c1O. The summed E-state index contributed by atoms with van der Waals surface area (Å²) in [6, 6.07) is 2.99. The number of guanidine groups is 1. The lowest BCUT2D eigenvalue weighted by Gasteiger charge is -2.07. The highest BCUT2D eigenvalue weighted by Gasteiger charge is 2.12. The number of phenols is 1. The van der Waals surface area contributed by atoms with Gasteiger partial charge in [-0.1, -0.05) is 30.1 Å². The van der Waals surface area contributed by atoms with E-state index in [1.54, 1.807) is 6.07 Å². The molecule has 0 fully saturated rings. The molecule has 0 heterocycles. The van der Waals surface area contributed by atoms with E-state index >= 15 is 0 Å². The van der Waals surface area contributed by atoms with Crippen molar-refractivity contribution in [2.45, 2.75) is 13.3 Å². The van der Waals surface area contributed by atoms with E-state index in [0.717, 1.165) is 0 Å². The fourth-order valence-corrected chi connectivity index (χ4v) is 1.71. The van der Waals surface area contributed by atoms with Crippen LogP contribution in [-0.4, -0.2) is 16.8 Å². The van der Waals surface area contributed by atoms with Crippen LogP contribution in [0.15, 0.2) is 22.3 Å². The molecule has 0 aliphatic heterocycles. The van der Waals surface area contributed by atoms with Gasteiger partial charge in [-0.2, -0.15) is 5.10 Å². The van der Waals surface area contributed by atoms with Gasteiger partial charge in [-0.3, -0.25) is 0 Å². The Balaban J connectivity index is 3.30. The van der Waals surface area contributed by atoms with Gasteiger partial charge in [-0.05, 0) is 18.6 Å². The lowest BCUT2D eigenvalue weighted by Crippen LogP contribution is -2.22. The lowest BCUT2D eigenvalue weighted by molar-refractivity contribution is 0.474. The molecule has 0 amide bonds. The molecule has 0 radical (unpaired) electrons. The molecule has 0 saturated carbocycles. The molecule has 0 bridgehead atoms. The minimum atomic E-state index is -0.163. The van der Waals surface area contributed by atoms with Gasteiger partial charge in [0.25, 0.3) is 0 Å². The van der Waals surface area contributed by atoms with Crippen molar-refractivity contribution in [1.29, 1.82) is 0 Å². The first-order valence-corrected chi connectivity index (χ1v) is 5.55. The third-order valence-corrected chi connectivity index (χ3v) is 2.47. The van der Waals surface area contributed by atoms with Crippen LogP contribution in [0, 0.1) is 0 Å². The van der Waals surface area contributed by atoms with E-state index in [1.165, 1.54) is 6.07 Å².